The zero-order valence-electron chi connectivity index (χ0n) is 82.6. The van der Waals surface area contributed by atoms with Gasteiger partial charge in [0.15, 0.2) is 16.3 Å². The van der Waals surface area contributed by atoms with Crippen LogP contribution in [0, 0.1) is 0 Å². The number of benzene rings is 9. The molecule has 38 heteroatoms. The Balaban J connectivity index is 0.000000140. The molecule has 19 rings (SSSR count). The number of carbonyl (C=O) groups excluding carboxylic acids is 4. The number of likely N-dealkylation sites (N-methyl/N-ethyl adjacent to an activating group) is 4. The largest absolute Gasteiger partial charge is 0.494 e. The zero-order valence-corrected chi connectivity index (χ0v) is 83.4. The van der Waals surface area contributed by atoms with Crippen LogP contribution < -0.4 is 80.5 Å². The van der Waals surface area contributed by atoms with Crippen molar-refractivity contribution in [2.24, 2.45) is 0 Å². The molecule has 0 bridgehead atoms. The van der Waals surface area contributed by atoms with E-state index in [4.69, 9.17) is 23.7 Å². The van der Waals surface area contributed by atoms with Crippen LogP contribution in [0.5, 0.6) is 46.4 Å². The molecule has 4 aliphatic heterocycles. The molecular formula is C109H116N26O11S. The van der Waals surface area contributed by atoms with E-state index in [1.54, 1.807) is 111 Å². The molecule has 37 nitrogen and oxygen atoms in total. The normalized spacial score (nSPS) is 13.9. The van der Waals surface area contributed by atoms with Gasteiger partial charge in [0.05, 0.1) is 61.4 Å². The number of amides is 3. The number of pyridine rings is 1. The summed E-state index contributed by atoms with van der Waals surface area (Å²) >= 11 is 1.22. The molecule has 754 valence electrons. The molecule has 9 aromatic carbocycles. The van der Waals surface area contributed by atoms with Gasteiger partial charge in [-0.05, 0) is 186 Å². The zero-order chi connectivity index (χ0) is 103. The molecule has 0 aliphatic carbocycles. The van der Waals surface area contributed by atoms with Gasteiger partial charge in [0.1, 0.15) is 34.3 Å². The SMILES string of the molecule is C=CC(=C)Cc1cccc(C(=O)c2nnc(Nc3ccc(N4CCN(C)CC4)cc3OC)s2)c1.C=CC(=O)Nc1cccc(Oc2nc(Nc3ccc(N4CCN(C)CC4)cc3CO)nc3ccccc23)c1.C=CC(=O)Nc1cccc(Oc2nc(Nc3ccc(N4CCN(C)CC4)cc3CO)nc3ncccc23)c1.C=CC(=O)Nc1cccc(Oc2nc(Nc3ccc(N4CCN(C)CC4)cc3OC)nc3nc[nH]c23)c1. The summed E-state index contributed by atoms with van der Waals surface area (Å²) in [4.78, 5) is 106. The second-order valence-electron chi connectivity index (χ2n) is 34.9. The van der Waals surface area contributed by atoms with Gasteiger partial charge in [-0.1, -0.05) is 104 Å². The summed E-state index contributed by atoms with van der Waals surface area (Å²) in [5.74, 6) is 3.65. The van der Waals surface area contributed by atoms with Crippen molar-refractivity contribution in [1.29, 1.82) is 0 Å². The standard InChI is InChI=1S/C29H30N6O3.C28H29N7O3.C26H28N8O3.C26H29N5O2S/c1-3-27(37)30-21-7-6-8-23(18-21)38-28-24-9-4-5-10-26(24)32-29(33-28)31-25-12-11-22(17-20(25)19-36)35-15-13-34(2)14-16-35;1-3-25(37)30-20-6-4-7-22(17-20)38-27-23-8-5-11-29-26(23)32-28(33-27)31-24-10-9-21(16-19(24)18-36)35-14-12-34(2)13-15-35;1-4-22(35)29-17-6-5-7-19(14-17)37-25-23-24(28-16-27-23)31-26(32-25)30-20-9-8-18(15-21(20)36-3)34-12-10-33(2)11-13-34;1-5-18(2)15-19-7-6-8-20(16-19)24(32)25-28-29-26(34-25)27-22-10-9-21(17-23(22)33-4)31-13-11-30(3)12-14-31/h3-12,17-18,36H,1,13-16,19H2,2H3,(H,30,37)(H,31,32,33);3-11,16-17,36H,1,12-15,18H2,2H3,(H,30,37)(H,29,31,32,33);4-9,14-16H,1,10-13H2,2-3H3,(H,29,35)(H2,27,28,30,31,32);5-10,16-17H,1-2,11-15H2,3-4H3,(H,27,29). The average molecular weight is 2000 g/mol. The van der Waals surface area contributed by atoms with E-state index in [0.717, 1.165) is 178 Å². The minimum absolute atomic E-state index is 0.121. The van der Waals surface area contributed by atoms with Crippen LogP contribution in [0.2, 0.25) is 0 Å². The van der Waals surface area contributed by atoms with Crippen LogP contribution in [0.1, 0.15) is 32.1 Å². The lowest BCUT2D eigenvalue weighted by molar-refractivity contribution is -0.112. The molecular weight excluding hydrogens is 1880 g/mol. The number of hydrogen-bond acceptors (Lipinski definition) is 34. The van der Waals surface area contributed by atoms with Crippen molar-refractivity contribution in [2.75, 3.05) is 204 Å². The molecule has 147 heavy (non-hydrogen) atoms. The van der Waals surface area contributed by atoms with Crippen molar-refractivity contribution in [3.8, 4) is 46.4 Å². The second-order valence-corrected chi connectivity index (χ2v) is 35.9. The molecule has 4 saturated heterocycles. The molecule has 4 fully saturated rings. The summed E-state index contributed by atoms with van der Waals surface area (Å²) in [7, 11) is 11.8. The quantitative estimate of drug-likeness (QED) is 0.0104. The fraction of sp³-hybridized carbons (Fsp3) is 0.229. The number of rotatable bonds is 33. The van der Waals surface area contributed by atoms with Gasteiger partial charge in [-0.15, -0.1) is 10.2 Å². The highest BCUT2D eigenvalue weighted by Crippen LogP contribution is 2.40. The first-order chi connectivity index (χ1) is 71.5. The monoisotopic (exact) mass is 2000 g/mol. The highest BCUT2D eigenvalue weighted by atomic mass is 32.1. The molecule has 0 unspecified atom stereocenters. The minimum Gasteiger partial charge on any atom is -0.494 e. The summed E-state index contributed by atoms with van der Waals surface area (Å²) in [5.41, 5.74) is 15.1. The van der Waals surface area contributed by atoms with Crippen LogP contribution in [0.25, 0.3) is 33.1 Å². The molecule has 0 spiro atoms. The van der Waals surface area contributed by atoms with Crippen molar-refractivity contribution < 1.29 is 53.1 Å². The fourth-order valence-electron chi connectivity index (χ4n) is 16.4. The van der Waals surface area contributed by atoms with Gasteiger partial charge in [0, 0.05) is 209 Å². The number of imidazole rings is 1. The molecule has 10 heterocycles. The lowest BCUT2D eigenvalue weighted by Crippen LogP contribution is -2.44. The smallest absolute Gasteiger partial charge is 0.250 e. The number of methoxy groups -OCH3 is 2. The van der Waals surface area contributed by atoms with Gasteiger partial charge in [-0.25, -0.2) is 15.0 Å². The number of H-pyrrole nitrogens is 1. The average Bonchev–Trinajstić information content (AvgIpc) is 1.68. The van der Waals surface area contributed by atoms with Crippen LogP contribution in [0.3, 0.4) is 0 Å². The number of aromatic amines is 1. The van der Waals surface area contributed by atoms with Gasteiger partial charge in [0.25, 0.3) is 5.88 Å². The first kappa shape index (κ1) is 103. The highest BCUT2D eigenvalue weighted by molar-refractivity contribution is 7.17. The summed E-state index contributed by atoms with van der Waals surface area (Å²) in [6.45, 7) is 33.6. The lowest BCUT2D eigenvalue weighted by atomic mass is 10.0. The number of fused-ring (bicyclic) bond motifs is 3. The number of aliphatic hydroxyl groups excluding tert-OH is 2. The maximum absolute atomic E-state index is 13.0. The Kier molecular flexibility index (Phi) is 34.4. The van der Waals surface area contributed by atoms with Crippen molar-refractivity contribution in [2.45, 2.75) is 19.6 Å². The Bertz CT molecular complexity index is 7040. The predicted molar refractivity (Wildman–Crippen MR) is 580 cm³/mol. The van der Waals surface area contributed by atoms with E-state index in [-0.39, 0.29) is 48.5 Å². The number of aromatic nitrogens is 11. The van der Waals surface area contributed by atoms with Gasteiger partial charge < -0.3 is 115 Å². The Morgan fingerprint density at radius 2 is 0.837 bits per heavy atom. The van der Waals surface area contributed by atoms with E-state index < -0.39 is 0 Å². The lowest BCUT2D eigenvalue weighted by Gasteiger charge is -2.34. The Labute approximate surface area is 855 Å². The van der Waals surface area contributed by atoms with E-state index in [1.165, 1.54) is 35.9 Å². The first-order valence-electron chi connectivity index (χ1n) is 47.7. The van der Waals surface area contributed by atoms with E-state index in [2.05, 4.69) is 205 Å². The van der Waals surface area contributed by atoms with E-state index in [1.807, 2.05) is 109 Å². The number of aliphatic hydroxyl groups is 2. The number of ether oxygens (including phenoxy) is 5. The van der Waals surface area contributed by atoms with Gasteiger partial charge in [0.2, 0.25) is 58.2 Å². The first-order valence-corrected chi connectivity index (χ1v) is 48.5. The van der Waals surface area contributed by atoms with Crippen LogP contribution in [-0.4, -0.2) is 255 Å². The van der Waals surface area contributed by atoms with Crippen LogP contribution in [0.15, 0.2) is 282 Å². The second kappa shape index (κ2) is 49.2. The van der Waals surface area contributed by atoms with Crippen molar-refractivity contribution in [3.63, 3.8) is 0 Å². The number of para-hydroxylation sites is 1. The Morgan fingerprint density at radius 1 is 0.415 bits per heavy atom. The number of nitrogens with one attached hydrogen (secondary N) is 8. The number of piperazine rings is 4. The third-order valence-electron chi connectivity index (χ3n) is 24.6. The van der Waals surface area contributed by atoms with Crippen molar-refractivity contribution in [1.82, 2.24) is 74.7 Å². The molecule has 10 N–H and O–H groups in total. The molecule has 6 aromatic heterocycles. The molecule has 3 amide bonds. The van der Waals surface area contributed by atoms with E-state index >= 15 is 0 Å². The highest BCUT2D eigenvalue weighted by Gasteiger charge is 2.26. The summed E-state index contributed by atoms with van der Waals surface area (Å²) in [5, 5.41) is 51.9. The number of allylic oxidation sites excluding steroid dienone is 2. The third-order valence-corrected chi connectivity index (χ3v) is 25.5. The number of hydrogen-bond donors (Lipinski definition) is 10. The Hall–Kier alpha value is -17.1. The summed E-state index contributed by atoms with van der Waals surface area (Å²) in [6, 6.07) is 63.8. The summed E-state index contributed by atoms with van der Waals surface area (Å²) < 4.78 is 29.6. The van der Waals surface area contributed by atoms with Crippen LogP contribution in [0.4, 0.5) is 85.5 Å². The molecule has 15 aromatic rings. The number of anilines is 15. The van der Waals surface area contributed by atoms with Crippen molar-refractivity contribution in [3.05, 3.63) is 309 Å². The fourth-order valence-corrected chi connectivity index (χ4v) is 17.1. The van der Waals surface area contributed by atoms with E-state index in [9.17, 15) is 29.4 Å². The van der Waals surface area contributed by atoms with Crippen LogP contribution in [-0.2, 0) is 34.0 Å². The predicted octanol–water partition coefficient (Wildman–Crippen LogP) is 16.8. The van der Waals surface area contributed by atoms with E-state index in [0.29, 0.717) is 119 Å². The number of ketones is 1. The van der Waals surface area contributed by atoms with Gasteiger partial charge >= 0.3 is 0 Å². The summed E-state index contributed by atoms with van der Waals surface area (Å²) in [6.07, 6.45) is 9.17. The van der Waals surface area contributed by atoms with Crippen LogP contribution >= 0.6 is 11.3 Å². The van der Waals surface area contributed by atoms with Crippen molar-refractivity contribution >= 4 is 153 Å². The third kappa shape index (κ3) is 27.3. The maximum atomic E-state index is 13.0. The minimum atomic E-state index is -0.316. The maximum Gasteiger partial charge on any atom is 0.250 e. The van der Waals surface area contributed by atoms with Gasteiger partial charge in [-0.3, -0.25) is 19.2 Å². The number of nitrogens with zero attached hydrogens (tertiary/aromatic N) is 18. The molecule has 4 aliphatic rings. The van der Waals surface area contributed by atoms with Gasteiger partial charge in [-0.2, -0.15) is 24.9 Å². The topological polar surface area (TPSA) is 410 Å². The molecule has 0 radical (unpaired) electrons. The Morgan fingerprint density at radius 3 is 1.31 bits per heavy atom. The molecule has 0 atom stereocenters. The number of carbonyl (C=O) groups is 4. The molecule has 0 saturated carbocycles.